The van der Waals surface area contributed by atoms with Gasteiger partial charge in [-0.15, -0.1) is 0 Å². The first-order valence-electron chi connectivity index (χ1n) is 7.56. The van der Waals surface area contributed by atoms with E-state index in [0.29, 0.717) is 17.9 Å². The quantitative estimate of drug-likeness (QED) is 0.480. The molecule has 4 amide bonds. The maximum absolute atomic E-state index is 11.8. The number of urea groups is 2. The number of amides is 4. The van der Waals surface area contributed by atoms with Gasteiger partial charge in [-0.2, -0.15) is 0 Å². The first-order valence-corrected chi connectivity index (χ1v) is 10.7. The van der Waals surface area contributed by atoms with Crippen LogP contribution in [0.4, 0.5) is 21.0 Å². The Balaban J connectivity index is 2.53. The molecule has 0 spiro atoms. The Morgan fingerprint density at radius 3 is 2.50 bits per heavy atom. The van der Waals surface area contributed by atoms with Crippen molar-refractivity contribution in [1.82, 2.24) is 10.6 Å². The molecule has 6 nitrogen and oxygen atoms in total. The van der Waals surface area contributed by atoms with Gasteiger partial charge in [0.1, 0.15) is 0 Å². The number of hydrogen-bond acceptors (Lipinski definition) is 2. The maximum Gasteiger partial charge on any atom is 0.319 e. The number of anilines is 2. The van der Waals surface area contributed by atoms with Crippen LogP contribution in [0.15, 0.2) is 18.2 Å². The van der Waals surface area contributed by atoms with Gasteiger partial charge in [-0.1, -0.05) is 25.2 Å². The van der Waals surface area contributed by atoms with E-state index in [1.54, 1.807) is 13.1 Å². The molecule has 0 unspecified atom stereocenters. The summed E-state index contributed by atoms with van der Waals surface area (Å²) in [5, 5.41) is 10.8. The van der Waals surface area contributed by atoms with Gasteiger partial charge in [0.25, 0.3) is 0 Å². The highest BCUT2D eigenvalue weighted by atomic mass is 28.3. The van der Waals surface area contributed by atoms with Crippen molar-refractivity contribution in [2.75, 3.05) is 24.2 Å². The number of benzene rings is 1. The van der Waals surface area contributed by atoms with Crippen LogP contribution in [-0.2, 0) is 0 Å². The predicted molar refractivity (Wildman–Crippen MR) is 94.6 cm³/mol. The molecule has 0 aliphatic carbocycles. The number of aryl methyl sites for hydroxylation is 1. The minimum atomic E-state index is -0.550. The van der Waals surface area contributed by atoms with E-state index >= 15 is 0 Å². The second-order valence-electron chi connectivity index (χ2n) is 5.65. The van der Waals surface area contributed by atoms with E-state index in [1.165, 1.54) is 6.04 Å². The summed E-state index contributed by atoms with van der Waals surface area (Å²) in [6.07, 6.45) is 1.02. The average Bonchev–Trinajstić information content (AvgIpc) is 2.46. The second kappa shape index (κ2) is 9.09. The lowest BCUT2D eigenvalue weighted by Gasteiger charge is -2.12. The van der Waals surface area contributed by atoms with Crippen LogP contribution in [-0.4, -0.2) is 34.5 Å². The lowest BCUT2D eigenvalue weighted by atomic mass is 10.2. The van der Waals surface area contributed by atoms with Crippen LogP contribution in [0.1, 0.15) is 12.0 Å². The van der Waals surface area contributed by atoms with Crippen molar-refractivity contribution in [3.8, 4) is 0 Å². The highest BCUT2D eigenvalue weighted by Gasteiger charge is 2.06. The number of hydrogen-bond donors (Lipinski definition) is 4. The van der Waals surface area contributed by atoms with Crippen LogP contribution >= 0.6 is 0 Å². The third kappa shape index (κ3) is 6.62. The van der Waals surface area contributed by atoms with Crippen molar-refractivity contribution in [3.63, 3.8) is 0 Å². The zero-order chi connectivity index (χ0) is 16.5. The number of carbonyl (C=O) groups is 2. The summed E-state index contributed by atoms with van der Waals surface area (Å²) >= 11 is 0. The van der Waals surface area contributed by atoms with Gasteiger partial charge in [0.15, 0.2) is 0 Å². The van der Waals surface area contributed by atoms with Gasteiger partial charge in [-0.25, -0.2) is 9.59 Å². The smallest absolute Gasteiger partial charge is 0.319 e. The molecule has 0 aromatic heterocycles. The van der Waals surface area contributed by atoms with Gasteiger partial charge in [-0.3, -0.25) is 0 Å². The van der Waals surface area contributed by atoms with Crippen molar-refractivity contribution in [2.24, 2.45) is 0 Å². The van der Waals surface area contributed by atoms with Crippen molar-refractivity contribution < 1.29 is 9.59 Å². The largest absolute Gasteiger partial charge is 0.341 e. The lowest BCUT2D eigenvalue weighted by Crippen LogP contribution is -2.30. The van der Waals surface area contributed by atoms with Crippen LogP contribution in [0, 0.1) is 6.92 Å². The fourth-order valence-corrected chi connectivity index (χ4v) is 2.93. The topological polar surface area (TPSA) is 82.3 Å². The highest BCUT2D eigenvalue weighted by Crippen LogP contribution is 2.20. The number of nitrogens with one attached hydrogen (secondary N) is 4. The summed E-state index contributed by atoms with van der Waals surface area (Å²) in [5.74, 6) is 0. The molecule has 1 aromatic carbocycles. The summed E-state index contributed by atoms with van der Waals surface area (Å²) in [4.78, 5) is 23.2. The van der Waals surface area contributed by atoms with E-state index in [1.807, 2.05) is 19.1 Å². The molecule has 0 bridgehead atoms. The summed E-state index contributed by atoms with van der Waals surface area (Å²) in [6, 6.07) is 6.12. The van der Waals surface area contributed by atoms with E-state index in [-0.39, 0.29) is 12.1 Å². The molecule has 0 aliphatic heterocycles. The molecule has 1 rings (SSSR count). The van der Waals surface area contributed by atoms with Crippen molar-refractivity contribution in [1.29, 1.82) is 0 Å². The molecule has 122 valence electrons. The Bertz CT molecular complexity index is 520. The van der Waals surface area contributed by atoms with E-state index in [0.717, 1.165) is 12.0 Å². The molecule has 0 saturated carbocycles. The Morgan fingerprint density at radius 2 is 1.86 bits per heavy atom. The molecule has 0 aliphatic rings. The number of rotatable bonds is 6. The first-order chi connectivity index (χ1) is 10.4. The Kier molecular flexibility index (Phi) is 7.45. The van der Waals surface area contributed by atoms with Crippen LogP contribution in [0.5, 0.6) is 0 Å². The predicted octanol–water partition coefficient (Wildman–Crippen LogP) is 2.74. The monoisotopic (exact) mass is 322 g/mol. The van der Waals surface area contributed by atoms with Gasteiger partial charge in [0.2, 0.25) is 0 Å². The van der Waals surface area contributed by atoms with E-state index in [2.05, 4.69) is 34.4 Å². The van der Waals surface area contributed by atoms with Crippen molar-refractivity contribution in [2.45, 2.75) is 32.5 Å². The average molecular weight is 322 g/mol. The van der Waals surface area contributed by atoms with E-state index < -0.39 is 8.80 Å². The van der Waals surface area contributed by atoms with Gasteiger partial charge in [-0.05, 0) is 31.0 Å². The van der Waals surface area contributed by atoms with Gasteiger partial charge in [0.05, 0.1) is 0 Å². The number of carbonyl (C=O) groups excluding carboxylic acids is 2. The molecule has 0 atom stereocenters. The van der Waals surface area contributed by atoms with Gasteiger partial charge >= 0.3 is 12.1 Å². The summed E-state index contributed by atoms with van der Waals surface area (Å²) in [7, 11) is 1.01. The molecule has 0 saturated heterocycles. The minimum absolute atomic E-state index is 0.222. The molecule has 7 heteroatoms. The normalized spacial score (nSPS) is 10.2. The van der Waals surface area contributed by atoms with E-state index in [9.17, 15) is 9.59 Å². The Hall–Kier alpha value is -2.02. The lowest BCUT2D eigenvalue weighted by molar-refractivity contribution is 0.252. The zero-order valence-corrected chi connectivity index (χ0v) is 14.9. The molecule has 22 heavy (non-hydrogen) atoms. The van der Waals surface area contributed by atoms with Crippen molar-refractivity contribution >= 4 is 32.2 Å². The second-order valence-corrected chi connectivity index (χ2v) is 9.02. The van der Waals surface area contributed by atoms with E-state index in [4.69, 9.17) is 0 Å². The molecule has 4 N–H and O–H groups in total. The summed E-state index contributed by atoms with van der Waals surface area (Å²) in [6.45, 7) is 7.18. The fourth-order valence-electron chi connectivity index (χ4n) is 1.91. The molecular formula is C15H26N4O2Si. The van der Waals surface area contributed by atoms with Crippen LogP contribution in [0.3, 0.4) is 0 Å². The SMILES string of the molecule is CNC(=O)Nc1cc(NC(=O)NCCC[SiH](C)C)ccc1C. The highest BCUT2D eigenvalue weighted by molar-refractivity contribution is 6.55. The minimum Gasteiger partial charge on any atom is -0.341 e. The fraction of sp³-hybridized carbons (Fsp3) is 0.467. The third-order valence-electron chi connectivity index (χ3n) is 3.21. The Labute approximate surface area is 133 Å². The maximum atomic E-state index is 11.8. The zero-order valence-electron chi connectivity index (χ0n) is 13.7. The third-order valence-corrected chi connectivity index (χ3v) is 4.78. The van der Waals surface area contributed by atoms with Crippen molar-refractivity contribution in [3.05, 3.63) is 23.8 Å². The van der Waals surface area contributed by atoms with Crippen LogP contribution in [0.25, 0.3) is 0 Å². The summed E-state index contributed by atoms with van der Waals surface area (Å²) < 4.78 is 0. The molecule has 1 aromatic rings. The van der Waals surface area contributed by atoms with Crippen LogP contribution < -0.4 is 21.3 Å². The van der Waals surface area contributed by atoms with Gasteiger partial charge in [0, 0.05) is 33.8 Å². The van der Waals surface area contributed by atoms with Gasteiger partial charge < -0.3 is 21.3 Å². The first kappa shape index (κ1) is 18.0. The summed E-state index contributed by atoms with van der Waals surface area (Å²) in [5.41, 5.74) is 2.24. The molecule has 0 radical (unpaired) electrons. The molecule has 0 fully saturated rings. The Morgan fingerprint density at radius 1 is 1.14 bits per heavy atom. The molecule has 0 heterocycles. The molecular weight excluding hydrogens is 296 g/mol. The van der Waals surface area contributed by atoms with Crippen LogP contribution in [0.2, 0.25) is 19.1 Å². The standard InChI is InChI=1S/C15H26N4O2Si/c1-11-6-7-12(10-13(11)19-14(20)16-2)18-15(21)17-8-5-9-22(3)4/h6-7,10,22H,5,8-9H2,1-4H3,(H2,16,19,20)(H2,17,18,21).